The topological polar surface area (TPSA) is 85.5 Å². The van der Waals surface area contributed by atoms with Crippen LogP contribution in [0.1, 0.15) is 38.8 Å². The SMILES string of the molecule is CCOc1ccc2c(C#N)c(-c3ccc(NC(=O)OCC(C)C)cc3)n(C3CCOC3)c2c1. The van der Waals surface area contributed by atoms with E-state index in [9.17, 15) is 10.1 Å². The van der Waals surface area contributed by atoms with Crippen LogP contribution in [0.15, 0.2) is 42.5 Å². The number of benzene rings is 2. The largest absolute Gasteiger partial charge is 0.494 e. The first-order valence-corrected chi connectivity index (χ1v) is 11.3. The number of aromatic nitrogens is 1. The molecular formula is C26H29N3O4. The molecule has 1 aromatic heterocycles. The number of nitrogens with zero attached hydrogens (tertiary/aromatic N) is 2. The molecule has 3 aromatic rings. The van der Waals surface area contributed by atoms with Gasteiger partial charge >= 0.3 is 6.09 Å². The van der Waals surface area contributed by atoms with Gasteiger partial charge in [0.1, 0.15) is 11.8 Å². The van der Waals surface area contributed by atoms with Gasteiger partial charge < -0.3 is 18.8 Å². The highest BCUT2D eigenvalue weighted by Crippen LogP contribution is 2.39. The normalized spacial score (nSPS) is 15.5. The number of nitriles is 1. The second-order valence-electron chi connectivity index (χ2n) is 8.53. The van der Waals surface area contributed by atoms with Gasteiger partial charge in [-0.25, -0.2) is 4.79 Å². The molecular weight excluding hydrogens is 418 g/mol. The lowest BCUT2D eigenvalue weighted by molar-refractivity contribution is 0.147. The zero-order valence-corrected chi connectivity index (χ0v) is 19.3. The van der Waals surface area contributed by atoms with E-state index in [0.717, 1.165) is 34.3 Å². The Hall–Kier alpha value is -3.50. The summed E-state index contributed by atoms with van der Waals surface area (Å²) < 4.78 is 18.8. The molecule has 0 spiro atoms. The lowest BCUT2D eigenvalue weighted by Gasteiger charge is -2.18. The molecule has 33 heavy (non-hydrogen) atoms. The second-order valence-corrected chi connectivity index (χ2v) is 8.53. The predicted octanol–water partition coefficient (Wildman–Crippen LogP) is 5.74. The molecule has 0 radical (unpaired) electrons. The molecule has 0 saturated carbocycles. The van der Waals surface area contributed by atoms with Gasteiger partial charge in [0.15, 0.2) is 0 Å². The smallest absolute Gasteiger partial charge is 0.411 e. The Morgan fingerprint density at radius 2 is 2.06 bits per heavy atom. The fourth-order valence-corrected chi connectivity index (χ4v) is 4.16. The van der Waals surface area contributed by atoms with Gasteiger partial charge in [0.05, 0.1) is 42.6 Å². The van der Waals surface area contributed by atoms with Crippen molar-refractivity contribution in [1.29, 1.82) is 5.26 Å². The highest BCUT2D eigenvalue weighted by atomic mass is 16.5. The van der Waals surface area contributed by atoms with E-state index >= 15 is 0 Å². The van der Waals surface area contributed by atoms with Crippen LogP contribution in [0, 0.1) is 17.2 Å². The summed E-state index contributed by atoms with van der Waals surface area (Å²) >= 11 is 0. The minimum atomic E-state index is -0.477. The Kier molecular flexibility index (Phi) is 6.85. The Bertz CT molecular complexity index is 1170. The van der Waals surface area contributed by atoms with E-state index in [-0.39, 0.29) is 12.0 Å². The van der Waals surface area contributed by atoms with Gasteiger partial charge in [0.2, 0.25) is 0 Å². The molecule has 1 unspecified atom stereocenters. The summed E-state index contributed by atoms with van der Waals surface area (Å²) in [6, 6.07) is 15.9. The number of carbonyl (C=O) groups excluding carboxylic acids is 1. The molecule has 1 aliphatic rings. The van der Waals surface area contributed by atoms with Crippen molar-refractivity contribution in [1.82, 2.24) is 4.57 Å². The summed E-state index contributed by atoms with van der Waals surface area (Å²) in [5.74, 6) is 1.05. The number of fused-ring (bicyclic) bond motifs is 1. The number of rotatable bonds is 7. The molecule has 2 heterocycles. The maximum absolute atomic E-state index is 12.0. The van der Waals surface area contributed by atoms with Crippen LogP contribution in [0.4, 0.5) is 10.5 Å². The van der Waals surface area contributed by atoms with Crippen molar-refractivity contribution in [3.63, 3.8) is 0 Å². The zero-order valence-electron chi connectivity index (χ0n) is 19.3. The summed E-state index contributed by atoms with van der Waals surface area (Å²) in [6.07, 6.45) is 0.400. The first-order chi connectivity index (χ1) is 16.0. The Labute approximate surface area is 193 Å². The average Bonchev–Trinajstić information content (AvgIpc) is 3.44. The zero-order chi connectivity index (χ0) is 23.4. The maximum atomic E-state index is 12.0. The van der Waals surface area contributed by atoms with E-state index in [2.05, 4.69) is 16.0 Å². The van der Waals surface area contributed by atoms with Gasteiger partial charge in [-0.3, -0.25) is 5.32 Å². The molecule has 1 saturated heterocycles. The first kappa shape index (κ1) is 22.7. The molecule has 1 fully saturated rings. The molecule has 7 nitrogen and oxygen atoms in total. The van der Waals surface area contributed by atoms with Crippen LogP contribution in [0.3, 0.4) is 0 Å². The van der Waals surface area contributed by atoms with Crippen molar-refractivity contribution in [3.8, 4) is 23.1 Å². The third kappa shape index (κ3) is 4.81. The van der Waals surface area contributed by atoms with E-state index in [1.807, 2.05) is 63.2 Å². The average molecular weight is 448 g/mol. The van der Waals surface area contributed by atoms with Gasteiger partial charge in [-0.05, 0) is 49.1 Å². The minimum absolute atomic E-state index is 0.130. The Morgan fingerprint density at radius 1 is 1.27 bits per heavy atom. The molecule has 0 bridgehead atoms. The quantitative estimate of drug-likeness (QED) is 0.499. The summed E-state index contributed by atoms with van der Waals surface area (Å²) in [7, 11) is 0. The number of anilines is 1. The highest BCUT2D eigenvalue weighted by molar-refractivity contribution is 5.96. The summed E-state index contributed by atoms with van der Waals surface area (Å²) in [5, 5.41) is 13.7. The van der Waals surface area contributed by atoms with Crippen LogP contribution in [0.2, 0.25) is 0 Å². The molecule has 0 aliphatic carbocycles. The summed E-state index contributed by atoms with van der Waals surface area (Å²) in [4.78, 5) is 12.0. The Balaban J connectivity index is 1.74. The second kappa shape index (κ2) is 9.97. The third-order valence-electron chi connectivity index (χ3n) is 5.62. The molecule has 7 heteroatoms. The number of ether oxygens (including phenoxy) is 3. The fraction of sp³-hybridized carbons (Fsp3) is 0.385. The monoisotopic (exact) mass is 447 g/mol. The molecule has 1 N–H and O–H groups in total. The van der Waals surface area contributed by atoms with Gasteiger partial charge in [0.25, 0.3) is 0 Å². The lowest BCUT2D eigenvalue weighted by atomic mass is 10.1. The molecule has 2 aromatic carbocycles. The number of hydrogen-bond acceptors (Lipinski definition) is 5. The summed E-state index contributed by atoms with van der Waals surface area (Å²) in [5.41, 5.74) is 3.97. The van der Waals surface area contributed by atoms with E-state index in [0.29, 0.717) is 37.7 Å². The standard InChI is InChI=1S/C26H29N3O4/c1-4-32-21-9-10-22-23(14-27)25(29(24(22)13-21)20-11-12-31-16-20)18-5-7-19(8-6-18)28-26(30)33-15-17(2)3/h5-10,13,17,20H,4,11-12,15-16H2,1-3H3,(H,28,30). The highest BCUT2D eigenvalue weighted by Gasteiger charge is 2.27. The van der Waals surface area contributed by atoms with Crippen molar-refractivity contribution in [2.75, 3.05) is 31.7 Å². The predicted molar refractivity (Wildman–Crippen MR) is 128 cm³/mol. The van der Waals surface area contributed by atoms with Gasteiger partial charge in [-0.2, -0.15) is 5.26 Å². The minimum Gasteiger partial charge on any atom is -0.494 e. The number of hydrogen-bond donors (Lipinski definition) is 1. The number of amides is 1. The van der Waals surface area contributed by atoms with Crippen molar-refractivity contribution in [2.45, 2.75) is 33.2 Å². The fourth-order valence-electron chi connectivity index (χ4n) is 4.16. The molecule has 172 valence electrons. The van der Waals surface area contributed by atoms with E-state index < -0.39 is 6.09 Å². The van der Waals surface area contributed by atoms with Crippen molar-refractivity contribution in [3.05, 3.63) is 48.0 Å². The Morgan fingerprint density at radius 3 is 2.70 bits per heavy atom. The van der Waals surface area contributed by atoms with Crippen molar-refractivity contribution in [2.24, 2.45) is 5.92 Å². The molecule has 1 aliphatic heterocycles. The van der Waals surface area contributed by atoms with Gasteiger partial charge in [-0.15, -0.1) is 0 Å². The van der Waals surface area contributed by atoms with E-state index in [1.54, 1.807) is 0 Å². The molecule has 4 rings (SSSR count). The van der Waals surface area contributed by atoms with Crippen LogP contribution < -0.4 is 10.1 Å². The van der Waals surface area contributed by atoms with Crippen molar-refractivity contribution < 1.29 is 19.0 Å². The van der Waals surface area contributed by atoms with Gasteiger partial charge in [-0.1, -0.05) is 26.0 Å². The van der Waals surface area contributed by atoms with Crippen LogP contribution >= 0.6 is 0 Å². The lowest BCUT2D eigenvalue weighted by Crippen LogP contribution is -2.16. The summed E-state index contributed by atoms with van der Waals surface area (Å²) in [6.45, 7) is 8.16. The van der Waals surface area contributed by atoms with E-state index in [4.69, 9.17) is 14.2 Å². The van der Waals surface area contributed by atoms with Crippen LogP contribution in [-0.4, -0.2) is 37.1 Å². The molecule has 1 amide bonds. The first-order valence-electron chi connectivity index (χ1n) is 11.3. The van der Waals surface area contributed by atoms with Gasteiger partial charge in [0, 0.05) is 23.7 Å². The van der Waals surface area contributed by atoms with E-state index in [1.165, 1.54) is 0 Å². The number of nitrogens with one attached hydrogen (secondary N) is 1. The molecule has 1 atom stereocenters. The number of carbonyl (C=O) groups is 1. The third-order valence-corrected chi connectivity index (χ3v) is 5.62. The van der Waals surface area contributed by atoms with Crippen LogP contribution in [-0.2, 0) is 9.47 Å². The van der Waals surface area contributed by atoms with Crippen molar-refractivity contribution >= 4 is 22.7 Å². The van der Waals surface area contributed by atoms with Crippen LogP contribution in [0.5, 0.6) is 5.75 Å². The maximum Gasteiger partial charge on any atom is 0.411 e. The van der Waals surface area contributed by atoms with Crippen LogP contribution in [0.25, 0.3) is 22.2 Å².